The van der Waals surface area contributed by atoms with E-state index in [-0.39, 0.29) is 5.41 Å². The summed E-state index contributed by atoms with van der Waals surface area (Å²) in [6, 6.07) is 2.57. The zero-order chi connectivity index (χ0) is 16.5. The van der Waals surface area contributed by atoms with Crippen molar-refractivity contribution < 1.29 is 9.47 Å². The molecule has 2 aliphatic rings. The van der Waals surface area contributed by atoms with Crippen LogP contribution in [0, 0.1) is 22.7 Å². The van der Waals surface area contributed by atoms with Gasteiger partial charge in [0.2, 0.25) is 0 Å². The molecule has 0 aromatic heterocycles. The van der Waals surface area contributed by atoms with Crippen molar-refractivity contribution in [1.82, 2.24) is 0 Å². The van der Waals surface area contributed by atoms with Gasteiger partial charge in [0.15, 0.2) is 0 Å². The van der Waals surface area contributed by atoms with E-state index in [2.05, 4.69) is 19.9 Å². The van der Waals surface area contributed by atoms with Crippen molar-refractivity contribution in [3.8, 4) is 6.07 Å². The molecule has 0 unspecified atom stereocenters. The van der Waals surface area contributed by atoms with Crippen molar-refractivity contribution in [1.29, 1.82) is 5.26 Å². The highest BCUT2D eigenvalue weighted by Crippen LogP contribution is 2.40. The molecule has 3 heteroatoms. The molecule has 2 fully saturated rings. The van der Waals surface area contributed by atoms with Gasteiger partial charge in [-0.25, -0.2) is 0 Å². The summed E-state index contributed by atoms with van der Waals surface area (Å²) < 4.78 is 11.9. The third-order valence-electron chi connectivity index (χ3n) is 5.95. The molecule has 23 heavy (non-hydrogen) atoms. The second-order valence-corrected chi connectivity index (χ2v) is 7.72. The largest absolute Gasteiger partial charge is 0.352 e. The van der Waals surface area contributed by atoms with Gasteiger partial charge in [-0.2, -0.15) is 5.26 Å². The fourth-order valence-corrected chi connectivity index (χ4v) is 4.43. The maximum Gasteiger partial charge on any atom is 0.147 e. The predicted molar refractivity (Wildman–Crippen MR) is 92.9 cm³/mol. The minimum Gasteiger partial charge on any atom is -0.352 e. The second-order valence-electron chi connectivity index (χ2n) is 7.72. The molecule has 0 bridgehead atoms. The molecule has 0 spiro atoms. The molecule has 0 aromatic carbocycles. The van der Waals surface area contributed by atoms with Gasteiger partial charge in [0, 0.05) is 0 Å². The van der Waals surface area contributed by atoms with Crippen molar-refractivity contribution in [2.24, 2.45) is 11.3 Å². The molecule has 2 aliphatic carbocycles. The van der Waals surface area contributed by atoms with Crippen molar-refractivity contribution in [3.05, 3.63) is 0 Å². The van der Waals surface area contributed by atoms with E-state index in [0.29, 0.717) is 19.0 Å². The summed E-state index contributed by atoms with van der Waals surface area (Å²) in [6.45, 7) is 4.90. The molecule has 0 N–H and O–H groups in total. The monoisotopic (exact) mass is 321 g/mol. The number of nitriles is 1. The Morgan fingerprint density at radius 2 is 1.52 bits per heavy atom. The van der Waals surface area contributed by atoms with Crippen LogP contribution in [0.4, 0.5) is 0 Å². The van der Waals surface area contributed by atoms with E-state index in [1.165, 1.54) is 38.5 Å². The summed E-state index contributed by atoms with van der Waals surface area (Å²) in [6.07, 6.45) is 14.6. The molecular weight excluding hydrogens is 286 g/mol. The van der Waals surface area contributed by atoms with Crippen LogP contribution in [0.25, 0.3) is 0 Å². The van der Waals surface area contributed by atoms with Crippen LogP contribution in [0.1, 0.15) is 90.9 Å². The fraction of sp³-hybridized carbons (Fsp3) is 0.950. The lowest BCUT2D eigenvalue weighted by atomic mass is 9.71. The molecule has 0 aliphatic heterocycles. The molecule has 0 aromatic rings. The first-order valence-corrected chi connectivity index (χ1v) is 9.85. The van der Waals surface area contributed by atoms with E-state index in [4.69, 9.17) is 9.47 Å². The van der Waals surface area contributed by atoms with Crippen LogP contribution in [0.15, 0.2) is 0 Å². The van der Waals surface area contributed by atoms with Crippen LogP contribution in [-0.2, 0) is 9.47 Å². The quantitative estimate of drug-likeness (QED) is 0.547. The topological polar surface area (TPSA) is 42.2 Å². The Hall–Kier alpha value is -0.590. The van der Waals surface area contributed by atoms with Crippen molar-refractivity contribution in [3.63, 3.8) is 0 Å². The SMILES string of the molecule is CCC[C@H]1CC[C@H](OCO[C@H]2CC[C@@](C#N)(CCC)CC2)CC1. The first kappa shape index (κ1) is 18.7. The van der Waals surface area contributed by atoms with Gasteiger partial charge in [0.1, 0.15) is 6.79 Å². The molecule has 2 saturated carbocycles. The minimum absolute atomic E-state index is 0.0763. The molecule has 2 rings (SSSR count). The van der Waals surface area contributed by atoms with Crippen molar-refractivity contribution in [2.75, 3.05) is 6.79 Å². The van der Waals surface area contributed by atoms with E-state index in [1.807, 2.05) is 0 Å². The van der Waals surface area contributed by atoms with Crippen LogP contribution in [-0.4, -0.2) is 19.0 Å². The number of rotatable bonds is 8. The smallest absolute Gasteiger partial charge is 0.147 e. The Morgan fingerprint density at radius 3 is 2.04 bits per heavy atom. The van der Waals surface area contributed by atoms with Crippen LogP contribution >= 0.6 is 0 Å². The molecule has 0 radical (unpaired) electrons. The number of hydrogen-bond donors (Lipinski definition) is 0. The van der Waals surface area contributed by atoms with E-state index >= 15 is 0 Å². The second kappa shape index (κ2) is 9.64. The highest BCUT2D eigenvalue weighted by molar-refractivity contribution is 5.01. The lowest BCUT2D eigenvalue weighted by Crippen LogP contribution is -2.31. The summed E-state index contributed by atoms with van der Waals surface area (Å²) in [7, 11) is 0. The average Bonchev–Trinajstić information content (AvgIpc) is 2.59. The summed E-state index contributed by atoms with van der Waals surface area (Å²) in [5.41, 5.74) is -0.0763. The zero-order valence-corrected chi connectivity index (χ0v) is 15.2. The molecule has 132 valence electrons. The Morgan fingerprint density at radius 1 is 0.913 bits per heavy atom. The third kappa shape index (κ3) is 5.76. The first-order valence-electron chi connectivity index (χ1n) is 9.85. The summed E-state index contributed by atoms with van der Waals surface area (Å²) in [5, 5.41) is 9.45. The molecule has 0 saturated heterocycles. The molecule has 0 heterocycles. The first-order chi connectivity index (χ1) is 11.2. The van der Waals surface area contributed by atoms with Crippen molar-refractivity contribution >= 4 is 0 Å². The summed E-state index contributed by atoms with van der Waals surface area (Å²) in [5.74, 6) is 0.928. The predicted octanol–water partition coefficient (Wildman–Crippen LogP) is 5.59. The van der Waals surface area contributed by atoms with Crippen molar-refractivity contribution in [2.45, 2.75) is 103 Å². The van der Waals surface area contributed by atoms with E-state index < -0.39 is 0 Å². The van der Waals surface area contributed by atoms with Gasteiger partial charge in [-0.3, -0.25) is 0 Å². The number of nitrogens with zero attached hydrogens (tertiary/aromatic N) is 1. The summed E-state index contributed by atoms with van der Waals surface area (Å²) >= 11 is 0. The lowest BCUT2D eigenvalue weighted by molar-refractivity contribution is -0.137. The molecular formula is C20H35NO2. The number of hydrogen-bond acceptors (Lipinski definition) is 3. The van der Waals surface area contributed by atoms with Gasteiger partial charge in [-0.15, -0.1) is 0 Å². The summed E-state index contributed by atoms with van der Waals surface area (Å²) in [4.78, 5) is 0. The molecule has 0 amide bonds. The third-order valence-corrected chi connectivity index (χ3v) is 5.95. The highest BCUT2D eigenvalue weighted by Gasteiger charge is 2.35. The Kier molecular flexibility index (Phi) is 7.86. The van der Waals surface area contributed by atoms with Crippen LogP contribution < -0.4 is 0 Å². The van der Waals surface area contributed by atoms with E-state index in [9.17, 15) is 5.26 Å². The normalized spacial score (nSPS) is 34.9. The molecule has 3 nitrogen and oxygen atoms in total. The van der Waals surface area contributed by atoms with Gasteiger partial charge in [0.25, 0.3) is 0 Å². The van der Waals surface area contributed by atoms with Gasteiger partial charge < -0.3 is 9.47 Å². The highest BCUT2D eigenvalue weighted by atomic mass is 16.7. The maximum atomic E-state index is 9.45. The van der Waals surface area contributed by atoms with Gasteiger partial charge >= 0.3 is 0 Å². The van der Waals surface area contributed by atoms with E-state index in [1.54, 1.807) is 0 Å². The van der Waals surface area contributed by atoms with Gasteiger partial charge in [-0.05, 0) is 63.7 Å². The fourth-order valence-electron chi connectivity index (χ4n) is 4.43. The Labute approximate surface area is 142 Å². The minimum atomic E-state index is -0.0763. The van der Waals surface area contributed by atoms with Crippen LogP contribution in [0.3, 0.4) is 0 Å². The van der Waals surface area contributed by atoms with E-state index in [0.717, 1.165) is 44.4 Å². The zero-order valence-electron chi connectivity index (χ0n) is 15.2. The van der Waals surface area contributed by atoms with Crippen LogP contribution in [0.5, 0.6) is 0 Å². The Bertz CT molecular complexity index is 360. The molecule has 0 atom stereocenters. The standard InChI is InChI=1S/C20H35NO2/c1-3-5-17-6-8-18(9-7-17)22-16-23-19-10-13-20(15-21,12-4-2)14-11-19/h17-19H,3-14,16H2,1-2H3/t17-,18-,19-,20-. The number of ether oxygens (including phenoxy) is 2. The van der Waals surface area contributed by atoms with Gasteiger partial charge in [-0.1, -0.05) is 33.1 Å². The van der Waals surface area contributed by atoms with Gasteiger partial charge in [0.05, 0.1) is 23.7 Å². The lowest BCUT2D eigenvalue weighted by Gasteiger charge is -2.35. The Balaban J connectivity index is 1.59. The average molecular weight is 322 g/mol. The maximum absolute atomic E-state index is 9.45. The van der Waals surface area contributed by atoms with Crippen LogP contribution in [0.2, 0.25) is 0 Å².